The molecule has 1 aliphatic rings. The predicted octanol–water partition coefficient (Wildman–Crippen LogP) is 2.05. The molecule has 0 spiro atoms. The van der Waals surface area contributed by atoms with Crippen molar-refractivity contribution in [1.82, 2.24) is 19.3 Å². The molecule has 0 atom stereocenters. The van der Waals surface area contributed by atoms with E-state index in [-0.39, 0.29) is 0 Å². The van der Waals surface area contributed by atoms with Crippen LogP contribution in [0.15, 0.2) is 42.7 Å². The minimum absolute atomic E-state index is 0.335. The van der Waals surface area contributed by atoms with Gasteiger partial charge in [0.2, 0.25) is 20.0 Å². The van der Waals surface area contributed by atoms with Gasteiger partial charge in [0, 0.05) is 35.4 Å². The van der Waals surface area contributed by atoms with E-state index in [1.807, 2.05) is 18.2 Å². The molecule has 0 saturated carbocycles. The zero-order chi connectivity index (χ0) is 21.5. The van der Waals surface area contributed by atoms with Gasteiger partial charge in [-0.3, -0.25) is 4.72 Å². The summed E-state index contributed by atoms with van der Waals surface area (Å²) in [6.45, 7) is 0.763. The highest BCUT2D eigenvalue weighted by Gasteiger charge is 2.21. The molecule has 11 heteroatoms. The molecule has 4 rings (SSSR count). The minimum atomic E-state index is -3.39. The third-order valence-electron chi connectivity index (χ3n) is 4.85. The van der Waals surface area contributed by atoms with Gasteiger partial charge >= 0.3 is 0 Å². The van der Waals surface area contributed by atoms with Crippen LogP contribution in [-0.4, -0.2) is 61.7 Å². The van der Waals surface area contributed by atoms with Gasteiger partial charge in [0.05, 0.1) is 18.2 Å². The van der Waals surface area contributed by atoms with Crippen molar-refractivity contribution < 1.29 is 16.8 Å². The molecule has 0 bridgehead atoms. The number of benzene rings is 1. The Hall–Kier alpha value is -2.76. The van der Waals surface area contributed by atoms with Gasteiger partial charge in [0.15, 0.2) is 0 Å². The Labute approximate surface area is 175 Å². The SMILES string of the molecule is CS(=O)(=O)Nc1cccc(-c2ncnc3[nH]c(C4=CCN(S(C)(=O)=O)CC4)cc23)c1. The number of hydrogen-bond acceptors (Lipinski definition) is 6. The number of hydrogen-bond donors (Lipinski definition) is 2. The van der Waals surface area contributed by atoms with E-state index in [4.69, 9.17) is 0 Å². The van der Waals surface area contributed by atoms with Crippen molar-refractivity contribution in [3.63, 3.8) is 0 Å². The van der Waals surface area contributed by atoms with E-state index in [0.717, 1.165) is 28.5 Å². The summed E-state index contributed by atoms with van der Waals surface area (Å²) in [7, 11) is -6.60. The van der Waals surface area contributed by atoms with Crippen LogP contribution in [0.25, 0.3) is 27.9 Å². The summed E-state index contributed by atoms with van der Waals surface area (Å²) in [6, 6.07) is 8.95. The van der Waals surface area contributed by atoms with E-state index in [1.54, 1.807) is 18.2 Å². The van der Waals surface area contributed by atoms with Crippen LogP contribution in [0.1, 0.15) is 12.1 Å². The summed E-state index contributed by atoms with van der Waals surface area (Å²) in [4.78, 5) is 12.0. The Morgan fingerprint density at radius 3 is 2.57 bits per heavy atom. The number of H-pyrrole nitrogens is 1. The minimum Gasteiger partial charge on any atom is -0.339 e. The van der Waals surface area contributed by atoms with Crippen LogP contribution in [0, 0.1) is 0 Å². The van der Waals surface area contributed by atoms with E-state index < -0.39 is 20.0 Å². The summed E-state index contributed by atoms with van der Waals surface area (Å²) in [5, 5.41) is 0.801. The second-order valence-corrected chi connectivity index (χ2v) is 11.0. The number of sulfonamides is 2. The number of fused-ring (bicyclic) bond motifs is 1. The lowest BCUT2D eigenvalue weighted by atomic mass is 10.0. The molecule has 3 aromatic rings. The van der Waals surface area contributed by atoms with E-state index >= 15 is 0 Å². The van der Waals surface area contributed by atoms with Gasteiger partial charge in [0.25, 0.3) is 0 Å². The molecule has 1 aromatic carbocycles. The molecule has 1 aliphatic heterocycles. The fraction of sp³-hybridized carbons (Fsp3) is 0.263. The first-order chi connectivity index (χ1) is 14.1. The number of aromatic nitrogens is 3. The number of nitrogens with one attached hydrogen (secondary N) is 2. The number of aromatic amines is 1. The van der Waals surface area contributed by atoms with E-state index in [9.17, 15) is 16.8 Å². The number of rotatable bonds is 5. The average Bonchev–Trinajstić information content (AvgIpc) is 3.10. The molecular formula is C19H21N5O4S2. The molecule has 0 saturated heterocycles. The van der Waals surface area contributed by atoms with Crippen molar-refractivity contribution >= 4 is 42.3 Å². The lowest BCUT2D eigenvalue weighted by Gasteiger charge is -2.23. The van der Waals surface area contributed by atoms with Gasteiger partial charge < -0.3 is 4.98 Å². The van der Waals surface area contributed by atoms with Crippen molar-refractivity contribution in [1.29, 1.82) is 0 Å². The first-order valence-corrected chi connectivity index (χ1v) is 12.9. The maximum Gasteiger partial charge on any atom is 0.229 e. The Morgan fingerprint density at radius 1 is 1.10 bits per heavy atom. The second kappa shape index (κ2) is 7.49. The van der Waals surface area contributed by atoms with Gasteiger partial charge in [-0.2, -0.15) is 4.31 Å². The summed E-state index contributed by atoms with van der Waals surface area (Å²) < 4.78 is 50.4. The zero-order valence-electron chi connectivity index (χ0n) is 16.5. The molecule has 2 aromatic heterocycles. The molecule has 0 unspecified atom stereocenters. The lowest BCUT2D eigenvalue weighted by molar-refractivity contribution is 0.445. The van der Waals surface area contributed by atoms with Gasteiger partial charge in [-0.05, 0) is 30.2 Å². The van der Waals surface area contributed by atoms with Crippen molar-refractivity contribution in [2.24, 2.45) is 0 Å². The normalized spacial score (nSPS) is 15.9. The highest BCUT2D eigenvalue weighted by Crippen LogP contribution is 2.31. The largest absolute Gasteiger partial charge is 0.339 e. The topological polar surface area (TPSA) is 125 Å². The van der Waals surface area contributed by atoms with Crippen LogP contribution in [0.5, 0.6) is 0 Å². The third kappa shape index (κ3) is 4.37. The molecule has 0 amide bonds. The first-order valence-electron chi connectivity index (χ1n) is 9.17. The smallest absolute Gasteiger partial charge is 0.229 e. The average molecular weight is 448 g/mol. The Morgan fingerprint density at radius 2 is 1.90 bits per heavy atom. The molecule has 2 N–H and O–H groups in total. The molecule has 30 heavy (non-hydrogen) atoms. The van der Waals surface area contributed by atoms with Crippen LogP contribution in [0.2, 0.25) is 0 Å². The predicted molar refractivity (Wildman–Crippen MR) is 117 cm³/mol. The Balaban J connectivity index is 1.71. The summed E-state index contributed by atoms with van der Waals surface area (Å²) >= 11 is 0. The quantitative estimate of drug-likeness (QED) is 0.617. The summed E-state index contributed by atoms with van der Waals surface area (Å²) in [6.07, 6.45) is 6.26. The third-order valence-corrected chi connectivity index (χ3v) is 6.73. The fourth-order valence-corrected chi connectivity index (χ4v) is 4.81. The van der Waals surface area contributed by atoms with Crippen molar-refractivity contribution in [2.75, 3.05) is 30.3 Å². The highest BCUT2D eigenvalue weighted by atomic mass is 32.2. The van der Waals surface area contributed by atoms with Crippen LogP contribution >= 0.6 is 0 Å². The maximum atomic E-state index is 11.7. The Bertz CT molecular complexity index is 1360. The summed E-state index contributed by atoms with van der Waals surface area (Å²) in [5.74, 6) is 0. The monoisotopic (exact) mass is 447 g/mol. The molecular weight excluding hydrogens is 426 g/mol. The van der Waals surface area contributed by atoms with Crippen LogP contribution in [-0.2, 0) is 20.0 Å². The molecule has 3 heterocycles. The molecule has 0 radical (unpaired) electrons. The van der Waals surface area contributed by atoms with Gasteiger partial charge in [-0.25, -0.2) is 26.8 Å². The van der Waals surface area contributed by atoms with Gasteiger partial charge in [-0.15, -0.1) is 0 Å². The van der Waals surface area contributed by atoms with E-state index in [0.29, 0.717) is 36.5 Å². The van der Waals surface area contributed by atoms with Crippen molar-refractivity contribution in [3.05, 3.63) is 48.4 Å². The van der Waals surface area contributed by atoms with Crippen molar-refractivity contribution in [2.45, 2.75) is 6.42 Å². The second-order valence-electron chi connectivity index (χ2n) is 7.22. The lowest BCUT2D eigenvalue weighted by Crippen LogP contribution is -2.33. The number of anilines is 1. The molecule has 0 aliphatic carbocycles. The van der Waals surface area contributed by atoms with Gasteiger partial charge in [-0.1, -0.05) is 18.2 Å². The summed E-state index contributed by atoms with van der Waals surface area (Å²) in [5.41, 5.74) is 4.42. The first kappa shape index (κ1) is 20.5. The van der Waals surface area contributed by atoms with E-state index in [1.165, 1.54) is 16.9 Å². The molecule has 158 valence electrons. The van der Waals surface area contributed by atoms with Crippen LogP contribution in [0.4, 0.5) is 5.69 Å². The van der Waals surface area contributed by atoms with Gasteiger partial charge in [0.1, 0.15) is 12.0 Å². The molecule has 0 fully saturated rings. The standard InChI is InChI=1S/C19H21N5O4S2/c1-29(25,26)23-15-5-3-4-14(10-15)18-16-11-17(22-19(16)21-12-20-18)13-6-8-24(9-7-13)30(2,27)28/h3-6,10-12,23H,7-9H2,1-2H3,(H,20,21,22). The maximum absolute atomic E-state index is 11.7. The van der Waals surface area contributed by atoms with Crippen LogP contribution < -0.4 is 4.72 Å². The van der Waals surface area contributed by atoms with Crippen molar-refractivity contribution in [3.8, 4) is 11.3 Å². The van der Waals surface area contributed by atoms with E-state index in [2.05, 4.69) is 19.7 Å². The number of nitrogens with zero attached hydrogens (tertiary/aromatic N) is 3. The zero-order valence-corrected chi connectivity index (χ0v) is 18.1. The fourth-order valence-electron chi connectivity index (χ4n) is 3.48. The Kier molecular flexibility index (Phi) is 5.12. The van der Waals surface area contributed by atoms with Crippen LogP contribution in [0.3, 0.4) is 0 Å². The highest BCUT2D eigenvalue weighted by molar-refractivity contribution is 7.92. The molecule has 9 nitrogen and oxygen atoms in total.